The van der Waals surface area contributed by atoms with Crippen LogP contribution < -0.4 is 10.1 Å². The highest BCUT2D eigenvalue weighted by molar-refractivity contribution is 7.10. The molecule has 2 aromatic rings. The van der Waals surface area contributed by atoms with Gasteiger partial charge < -0.3 is 10.1 Å². The normalized spacial score (nSPS) is 10.5. The zero-order chi connectivity index (χ0) is 12.1. The molecule has 0 saturated carbocycles. The molecule has 0 amide bonds. The van der Waals surface area contributed by atoms with Crippen molar-refractivity contribution in [2.45, 2.75) is 13.1 Å². The van der Waals surface area contributed by atoms with Crippen molar-refractivity contribution < 1.29 is 4.74 Å². The smallest absolute Gasteiger partial charge is 0.119 e. The lowest BCUT2D eigenvalue weighted by Crippen LogP contribution is -2.11. The van der Waals surface area contributed by atoms with Crippen LogP contribution in [0.25, 0.3) is 0 Å². The van der Waals surface area contributed by atoms with E-state index in [9.17, 15) is 0 Å². The highest BCUT2D eigenvalue weighted by Gasteiger charge is 1.99. The van der Waals surface area contributed by atoms with E-state index in [1.54, 1.807) is 18.4 Å². The predicted molar refractivity (Wildman–Crippen MR) is 72.9 cm³/mol. The van der Waals surface area contributed by atoms with E-state index >= 15 is 0 Å². The van der Waals surface area contributed by atoms with E-state index in [0.29, 0.717) is 0 Å². The number of hydrogen-bond donors (Lipinski definition) is 1. The SMILES string of the molecule is COc1cccc(CNCc2cc(Cl)cs2)c1. The van der Waals surface area contributed by atoms with Crippen LogP contribution >= 0.6 is 22.9 Å². The van der Waals surface area contributed by atoms with Crippen molar-refractivity contribution in [3.8, 4) is 5.75 Å². The summed E-state index contributed by atoms with van der Waals surface area (Å²) in [7, 11) is 1.68. The molecule has 0 aliphatic carbocycles. The summed E-state index contributed by atoms with van der Waals surface area (Å²) in [4.78, 5) is 1.25. The van der Waals surface area contributed by atoms with Gasteiger partial charge in [0.25, 0.3) is 0 Å². The number of thiophene rings is 1. The summed E-state index contributed by atoms with van der Waals surface area (Å²) in [6.45, 7) is 1.67. The molecule has 0 spiro atoms. The number of nitrogens with one attached hydrogen (secondary N) is 1. The first-order valence-corrected chi connectivity index (χ1v) is 6.60. The monoisotopic (exact) mass is 267 g/mol. The van der Waals surface area contributed by atoms with Gasteiger partial charge in [-0.2, -0.15) is 0 Å². The summed E-state index contributed by atoms with van der Waals surface area (Å²) >= 11 is 7.54. The molecule has 1 aromatic carbocycles. The third-order valence-electron chi connectivity index (χ3n) is 2.38. The number of ether oxygens (including phenoxy) is 1. The standard InChI is InChI=1S/C13H14ClNOS/c1-16-12-4-2-3-10(5-12)7-15-8-13-6-11(14)9-17-13/h2-6,9,15H,7-8H2,1H3. The van der Waals surface area contributed by atoms with Gasteiger partial charge in [-0.25, -0.2) is 0 Å². The lowest BCUT2D eigenvalue weighted by Gasteiger charge is -2.05. The molecule has 2 nitrogen and oxygen atoms in total. The van der Waals surface area contributed by atoms with E-state index in [0.717, 1.165) is 23.9 Å². The molecule has 0 unspecified atom stereocenters. The second-order valence-electron chi connectivity index (χ2n) is 3.69. The highest BCUT2D eigenvalue weighted by atomic mass is 35.5. The van der Waals surface area contributed by atoms with Gasteiger partial charge in [0, 0.05) is 23.3 Å². The predicted octanol–water partition coefficient (Wildman–Crippen LogP) is 3.70. The molecule has 0 atom stereocenters. The Labute approximate surface area is 110 Å². The fourth-order valence-corrected chi connectivity index (χ4v) is 2.60. The second kappa shape index (κ2) is 6.05. The number of methoxy groups -OCH3 is 1. The Balaban J connectivity index is 1.85. The fourth-order valence-electron chi connectivity index (χ4n) is 1.56. The molecule has 0 aliphatic heterocycles. The van der Waals surface area contributed by atoms with Crippen LogP contribution in [-0.4, -0.2) is 7.11 Å². The largest absolute Gasteiger partial charge is 0.497 e. The summed E-state index contributed by atoms with van der Waals surface area (Å²) < 4.78 is 5.18. The maximum atomic E-state index is 5.86. The van der Waals surface area contributed by atoms with Crippen LogP contribution in [0.5, 0.6) is 5.75 Å². The number of halogens is 1. The van der Waals surface area contributed by atoms with Gasteiger partial charge in [0.05, 0.1) is 12.1 Å². The molecular weight excluding hydrogens is 254 g/mol. The zero-order valence-corrected chi connectivity index (χ0v) is 11.1. The number of hydrogen-bond acceptors (Lipinski definition) is 3. The molecule has 0 bridgehead atoms. The van der Waals surface area contributed by atoms with Crippen molar-refractivity contribution in [1.82, 2.24) is 5.32 Å². The van der Waals surface area contributed by atoms with Gasteiger partial charge in [-0.05, 0) is 23.8 Å². The lowest BCUT2D eigenvalue weighted by atomic mass is 10.2. The van der Waals surface area contributed by atoms with Crippen LogP contribution in [0.4, 0.5) is 0 Å². The van der Waals surface area contributed by atoms with E-state index in [1.807, 2.05) is 29.6 Å². The molecule has 0 aliphatic rings. The fraction of sp³-hybridized carbons (Fsp3) is 0.231. The quantitative estimate of drug-likeness (QED) is 0.892. The Morgan fingerprint density at radius 3 is 2.88 bits per heavy atom. The average Bonchev–Trinajstić information content (AvgIpc) is 2.75. The van der Waals surface area contributed by atoms with Gasteiger partial charge in [0.2, 0.25) is 0 Å². The molecule has 0 radical (unpaired) electrons. The van der Waals surface area contributed by atoms with E-state index in [2.05, 4.69) is 11.4 Å². The molecule has 17 heavy (non-hydrogen) atoms. The van der Waals surface area contributed by atoms with E-state index in [1.165, 1.54) is 10.4 Å². The summed E-state index contributed by atoms with van der Waals surface area (Å²) in [6.07, 6.45) is 0. The Hall–Kier alpha value is -1.03. The van der Waals surface area contributed by atoms with Crippen LogP contribution in [-0.2, 0) is 13.1 Å². The third kappa shape index (κ3) is 3.73. The Morgan fingerprint density at radius 1 is 1.29 bits per heavy atom. The van der Waals surface area contributed by atoms with Gasteiger partial charge in [-0.3, -0.25) is 0 Å². The van der Waals surface area contributed by atoms with Crippen molar-refractivity contribution >= 4 is 22.9 Å². The third-order valence-corrected chi connectivity index (χ3v) is 3.67. The molecule has 1 heterocycles. The maximum absolute atomic E-state index is 5.86. The van der Waals surface area contributed by atoms with Crippen molar-refractivity contribution in [3.63, 3.8) is 0 Å². The van der Waals surface area contributed by atoms with Crippen LogP contribution in [0.2, 0.25) is 5.02 Å². The van der Waals surface area contributed by atoms with Gasteiger partial charge in [-0.1, -0.05) is 23.7 Å². The first-order chi connectivity index (χ1) is 8.28. The Bertz CT molecular complexity index is 484. The summed E-state index contributed by atoms with van der Waals surface area (Å²) in [5, 5.41) is 6.14. The van der Waals surface area contributed by atoms with E-state index in [-0.39, 0.29) is 0 Å². The van der Waals surface area contributed by atoms with Crippen molar-refractivity contribution in [3.05, 3.63) is 51.2 Å². The molecule has 1 aromatic heterocycles. The maximum Gasteiger partial charge on any atom is 0.119 e. The second-order valence-corrected chi connectivity index (χ2v) is 5.12. The molecular formula is C13H14ClNOS. The molecule has 4 heteroatoms. The van der Waals surface area contributed by atoms with Crippen LogP contribution in [0.3, 0.4) is 0 Å². The zero-order valence-electron chi connectivity index (χ0n) is 9.57. The molecule has 0 fully saturated rings. The first kappa shape index (κ1) is 12.4. The topological polar surface area (TPSA) is 21.3 Å². The van der Waals surface area contributed by atoms with Gasteiger partial charge in [0.1, 0.15) is 5.75 Å². The number of rotatable bonds is 5. The lowest BCUT2D eigenvalue weighted by molar-refractivity contribution is 0.414. The van der Waals surface area contributed by atoms with Gasteiger partial charge >= 0.3 is 0 Å². The highest BCUT2D eigenvalue weighted by Crippen LogP contribution is 2.19. The Kier molecular flexibility index (Phi) is 4.42. The minimum absolute atomic E-state index is 0.813. The van der Waals surface area contributed by atoms with Gasteiger partial charge in [-0.15, -0.1) is 11.3 Å². The molecule has 90 valence electrons. The summed E-state index contributed by atoms with van der Waals surface area (Å²) in [6, 6.07) is 10.1. The van der Waals surface area contributed by atoms with Crippen molar-refractivity contribution in [1.29, 1.82) is 0 Å². The minimum atomic E-state index is 0.813. The van der Waals surface area contributed by atoms with E-state index in [4.69, 9.17) is 16.3 Å². The molecule has 2 rings (SSSR count). The van der Waals surface area contributed by atoms with Gasteiger partial charge in [0.15, 0.2) is 0 Å². The van der Waals surface area contributed by atoms with Crippen molar-refractivity contribution in [2.24, 2.45) is 0 Å². The van der Waals surface area contributed by atoms with Crippen molar-refractivity contribution in [2.75, 3.05) is 7.11 Å². The Morgan fingerprint density at radius 2 is 2.18 bits per heavy atom. The molecule has 1 N–H and O–H groups in total. The first-order valence-electron chi connectivity index (χ1n) is 5.34. The average molecular weight is 268 g/mol. The molecule has 0 saturated heterocycles. The summed E-state index contributed by atoms with van der Waals surface area (Å²) in [5.41, 5.74) is 1.21. The van der Waals surface area contributed by atoms with Crippen LogP contribution in [0.1, 0.15) is 10.4 Å². The van der Waals surface area contributed by atoms with Crippen LogP contribution in [0, 0.1) is 0 Å². The summed E-state index contributed by atoms with van der Waals surface area (Å²) in [5.74, 6) is 0.892. The van der Waals surface area contributed by atoms with E-state index < -0.39 is 0 Å². The van der Waals surface area contributed by atoms with Crippen LogP contribution in [0.15, 0.2) is 35.7 Å². The number of benzene rings is 1. The minimum Gasteiger partial charge on any atom is -0.497 e.